The minimum atomic E-state index is -0.244. The molecule has 0 aliphatic carbocycles. The number of hydrogen-bond donors (Lipinski definition) is 1. The number of ether oxygens (including phenoxy) is 1. The molecule has 2 atom stereocenters. The first-order chi connectivity index (χ1) is 8.65. The number of hydrogen-bond acceptors (Lipinski definition) is 2. The highest BCUT2D eigenvalue weighted by Crippen LogP contribution is 2.29. The molecule has 5 heteroatoms. The smallest absolute Gasteiger partial charge is 0.178 e. The van der Waals surface area contributed by atoms with Crippen LogP contribution in [0.3, 0.4) is 0 Å². The van der Waals surface area contributed by atoms with Gasteiger partial charge >= 0.3 is 0 Å². The normalized spacial score (nSPS) is 24.6. The fraction of sp³-hybridized carbons (Fsp3) is 0.462. The molecule has 1 saturated heterocycles. The van der Waals surface area contributed by atoms with E-state index in [-0.39, 0.29) is 11.9 Å². The van der Waals surface area contributed by atoms with Crippen LogP contribution in [0.4, 0.5) is 4.39 Å². The molecule has 0 amide bonds. The quantitative estimate of drug-likeness (QED) is 0.800. The standard InChI is InChI=1S/C13H15FN2OS/c1-8-6-10(4-5-17-8)16-12-3-2-9(14)7-11(12)15-13(16)18/h2-3,7-8,10H,4-6H2,1H3,(H,15,18). The van der Waals surface area contributed by atoms with Crippen LogP contribution < -0.4 is 0 Å². The molecule has 0 bridgehead atoms. The number of nitrogens with zero attached hydrogens (tertiary/aromatic N) is 1. The maximum absolute atomic E-state index is 13.2. The Kier molecular flexibility index (Phi) is 2.95. The molecule has 2 heterocycles. The molecular formula is C13H15FN2OS. The minimum Gasteiger partial charge on any atom is -0.378 e. The van der Waals surface area contributed by atoms with Crippen molar-refractivity contribution >= 4 is 23.3 Å². The summed E-state index contributed by atoms with van der Waals surface area (Å²) in [7, 11) is 0. The Morgan fingerprint density at radius 3 is 3.11 bits per heavy atom. The van der Waals surface area contributed by atoms with E-state index in [0.717, 1.165) is 30.5 Å². The van der Waals surface area contributed by atoms with Gasteiger partial charge in [-0.1, -0.05) is 0 Å². The molecule has 0 radical (unpaired) electrons. The lowest BCUT2D eigenvalue weighted by molar-refractivity contribution is 0.00647. The van der Waals surface area contributed by atoms with Crippen molar-refractivity contribution in [3.05, 3.63) is 28.8 Å². The zero-order chi connectivity index (χ0) is 12.7. The summed E-state index contributed by atoms with van der Waals surface area (Å²) in [5.74, 6) is -0.244. The predicted octanol–water partition coefficient (Wildman–Crippen LogP) is 3.58. The monoisotopic (exact) mass is 266 g/mol. The van der Waals surface area contributed by atoms with Gasteiger partial charge in [0, 0.05) is 12.6 Å². The van der Waals surface area contributed by atoms with E-state index in [9.17, 15) is 4.39 Å². The molecule has 2 unspecified atom stereocenters. The van der Waals surface area contributed by atoms with Crippen LogP contribution in [0.1, 0.15) is 25.8 Å². The largest absolute Gasteiger partial charge is 0.378 e. The van der Waals surface area contributed by atoms with Crippen molar-refractivity contribution in [1.29, 1.82) is 0 Å². The highest BCUT2D eigenvalue weighted by atomic mass is 32.1. The third-order valence-electron chi connectivity index (χ3n) is 3.50. The Morgan fingerprint density at radius 1 is 1.50 bits per heavy atom. The Bertz CT molecular complexity index is 633. The second-order valence-electron chi connectivity index (χ2n) is 4.82. The highest BCUT2D eigenvalue weighted by molar-refractivity contribution is 7.71. The molecule has 3 nitrogen and oxygen atoms in total. The molecule has 0 spiro atoms. The molecule has 2 aromatic rings. The third kappa shape index (κ3) is 1.97. The number of halogens is 1. The zero-order valence-corrected chi connectivity index (χ0v) is 11.0. The van der Waals surface area contributed by atoms with E-state index in [2.05, 4.69) is 16.5 Å². The molecule has 1 N–H and O–H groups in total. The summed E-state index contributed by atoms with van der Waals surface area (Å²) in [6.45, 7) is 2.83. The second kappa shape index (κ2) is 4.48. The summed E-state index contributed by atoms with van der Waals surface area (Å²) in [4.78, 5) is 3.08. The van der Waals surface area contributed by atoms with Gasteiger partial charge in [0.2, 0.25) is 0 Å². The molecule has 96 valence electrons. The lowest BCUT2D eigenvalue weighted by Crippen LogP contribution is -2.25. The van der Waals surface area contributed by atoms with Gasteiger partial charge in [-0.15, -0.1) is 0 Å². The van der Waals surface area contributed by atoms with Gasteiger partial charge in [-0.05, 0) is 50.2 Å². The second-order valence-corrected chi connectivity index (χ2v) is 5.21. The number of H-pyrrole nitrogens is 1. The molecule has 0 saturated carbocycles. The van der Waals surface area contributed by atoms with Gasteiger partial charge in [0.1, 0.15) is 5.82 Å². The number of benzene rings is 1. The Balaban J connectivity index is 2.10. The Hall–Kier alpha value is -1.20. The Labute approximate surface area is 110 Å². The van der Waals surface area contributed by atoms with Gasteiger partial charge in [0.05, 0.1) is 17.1 Å². The van der Waals surface area contributed by atoms with Crippen LogP contribution in [0, 0.1) is 10.6 Å². The van der Waals surface area contributed by atoms with Crippen LogP contribution in [0.5, 0.6) is 0 Å². The summed E-state index contributed by atoms with van der Waals surface area (Å²) >= 11 is 5.36. The summed E-state index contributed by atoms with van der Waals surface area (Å²) in [6, 6.07) is 5.09. The first-order valence-electron chi connectivity index (χ1n) is 6.16. The first kappa shape index (κ1) is 11.9. The maximum atomic E-state index is 13.2. The molecule has 1 aromatic heterocycles. The van der Waals surface area contributed by atoms with E-state index in [0.29, 0.717) is 10.8 Å². The van der Waals surface area contributed by atoms with E-state index in [1.165, 1.54) is 12.1 Å². The third-order valence-corrected chi connectivity index (χ3v) is 3.80. The summed E-state index contributed by atoms with van der Waals surface area (Å²) in [6.07, 6.45) is 2.14. The fourth-order valence-electron chi connectivity index (χ4n) is 2.67. The fourth-order valence-corrected chi connectivity index (χ4v) is 3.03. The Morgan fingerprint density at radius 2 is 2.33 bits per heavy atom. The van der Waals surface area contributed by atoms with Gasteiger partial charge in [-0.3, -0.25) is 0 Å². The van der Waals surface area contributed by atoms with Crippen molar-refractivity contribution in [3.63, 3.8) is 0 Å². The van der Waals surface area contributed by atoms with E-state index in [1.807, 2.05) is 0 Å². The summed E-state index contributed by atoms with van der Waals surface area (Å²) < 4.78 is 21.5. The molecule has 1 aliphatic heterocycles. The molecule has 1 fully saturated rings. The lowest BCUT2D eigenvalue weighted by atomic mass is 10.0. The van der Waals surface area contributed by atoms with Crippen molar-refractivity contribution in [3.8, 4) is 0 Å². The van der Waals surface area contributed by atoms with Crippen LogP contribution in [0.25, 0.3) is 11.0 Å². The van der Waals surface area contributed by atoms with Crippen LogP contribution in [0.2, 0.25) is 0 Å². The van der Waals surface area contributed by atoms with Gasteiger partial charge in [-0.2, -0.15) is 0 Å². The van der Waals surface area contributed by atoms with Crippen LogP contribution in [-0.4, -0.2) is 22.3 Å². The lowest BCUT2D eigenvalue weighted by Gasteiger charge is -2.28. The topological polar surface area (TPSA) is 29.9 Å². The molecule has 18 heavy (non-hydrogen) atoms. The van der Waals surface area contributed by atoms with Gasteiger partial charge < -0.3 is 14.3 Å². The first-order valence-corrected chi connectivity index (χ1v) is 6.57. The van der Waals surface area contributed by atoms with Crippen LogP contribution in [0.15, 0.2) is 18.2 Å². The summed E-state index contributed by atoms with van der Waals surface area (Å²) in [5, 5.41) is 0. The van der Waals surface area contributed by atoms with Gasteiger partial charge in [-0.25, -0.2) is 4.39 Å². The number of aromatic amines is 1. The maximum Gasteiger partial charge on any atom is 0.178 e. The number of rotatable bonds is 1. The zero-order valence-electron chi connectivity index (χ0n) is 10.1. The average molecular weight is 266 g/mol. The molecule has 1 aromatic carbocycles. The van der Waals surface area contributed by atoms with E-state index < -0.39 is 0 Å². The number of fused-ring (bicyclic) bond motifs is 1. The van der Waals surface area contributed by atoms with Crippen molar-refractivity contribution in [2.45, 2.75) is 31.9 Å². The predicted molar refractivity (Wildman–Crippen MR) is 70.8 cm³/mol. The molecule has 1 aliphatic rings. The molecule has 3 rings (SSSR count). The van der Waals surface area contributed by atoms with Gasteiger partial charge in [0.15, 0.2) is 4.77 Å². The van der Waals surface area contributed by atoms with E-state index >= 15 is 0 Å². The molecular weight excluding hydrogens is 251 g/mol. The number of aromatic nitrogens is 2. The SMILES string of the molecule is CC1CC(n2c(=S)[nH]c3cc(F)ccc32)CCO1. The summed E-state index contributed by atoms with van der Waals surface area (Å²) in [5.41, 5.74) is 1.74. The van der Waals surface area contributed by atoms with Crippen LogP contribution in [-0.2, 0) is 4.74 Å². The van der Waals surface area contributed by atoms with E-state index in [1.54, 1.807) is 6.07 Å². The van der Waals surface area contributed by atoms with Crippen molar-refractivity contribution in [1.82, 2.24) is 9.55 Å². The minimum absolute atomic E-state index is 0.244. The van der Waals surface area contributed by atoms with Crippen molar-refractivity contribution in [2.75, 3.05) is 6.61 Å². The average Bonchev–Trinajstić information content (AvgIpc) is 2.64. The van der Waals surface area contributed by atoms with Crippen molar-refractivity contribution < 1.29 is 9.13 Å². The van der Waals surface area contributed by atoms with Gasteiger partial charge in [0.25, 0.3) is 0 Å². The number of imidazole rings is 1. The number of nitrogens with one attached hydrogen (secondary N) is 1. The highest BCUT2D eigenvalue weighted by Gasteiger charge is 2.23. The van der Waals surface area contributed by atoms with E-state index in [4.69, 9.17) is 17.0 Å². The van der Waals surface area contributed by atoms with Crippen molar-refractivity contribution in [2.24, 2.45) is 0 Å². The van der Waals surface area contributed by atoms with Crippen LogP contribution >= 0.6 is 12.2 Å².